The van der Waals surface area contributed by atoms with Crippen LogP contribution >= 0.6 is 0 Å². The summed E-state index contributed by atoms with van der Waals surface area (Å²) >= 11 is 0. The second kappa shape index (κ2) is 1.38. The van der Waals surface area contributed by atoms with E-state index in [0.29, 0.717) is 0 Å². The van der Waals surface area contributed by atoms with Crippen LogP contribution in [0.5, 0.6) is 0 Å². The highest BCUT2D eigenvalue weighted by molar-refractivity contribution is 7.88. The number of rotatable bonds is 0. The first-order chi connectivity index (χ1) is 3.54. The summed E-state index contributed by atoms with van der Waals surface area (Å²) in [6.45, 7) is 0. The van der Waals surface area contributed by atoms with Crippen LogP contribution < -0.4 is 0 Å². The summed E-state index contributed by atoms with van der Waals surface area (Å²) < 4.78 is 46.0. The molecule has 0 bridgehead atoms. The van der Waals surface area contributed by atoms with E-state index in [9.17, 15) is 17.2 Å². The van der Waals surface area contributed by atoms with Crippen molar-refractivity contribution in [3.63, 3.8) is 0 Å². The van der Waals surface area contributed by atoms with Crippen LogP contribution in [0.15, 0.2) is 0 Å². The first-order valence-corrected chi connectivity index (χ1v) is 3.21. The van der Waals surface area contributed by atoms with E-state index in [0.717, 1.165) is 0 Å². The molecule has 3 nitrogen and oxygen atoms in total. The van der Waals surface area contributed by atoms with Gasteiger partial charge < -0.3 is 0 Å². The molecule has 0 aromatic rings. The predicted molar refractivity (Wildman–Crippen MR) is 19.8 cm³/mol. The molecule has 2 unspecified atom stereocenters. The molecule has 48 valence electrons. The molecule has 0 N–H and O–H groups in total. The fourth-order valence-electron chi connectivity index (χ4n) is 0.302. The Morgan fingerprint density at radius 1 is 1.38 bits per heavy atom. The van der Waals surface area contributed by atoms with Gasteiger partial charge in [0.25, 0.3) is 11.9 Å². The maximum atomic E-state index is 11.6. The summed E-state index contributed by atoms with van der Waals surface area (Å²) in [7, 11) is -4.15. The van der Waals surface area contributed by atoms with E-state index >= 15 is 0 Å². The molecule has 0 aromatic carbocycles. The number of halogens is 2. The largest absolute Gasteiger partial charge is 0.308 e. The monoisotopic (exact) mass is 144 g/mol. The van der Waals surface area contributed by atoms with Gasteiger partial charge in [0.05, 0.1) is 0 Å². The van der Waals surface area contributed by atoms with E-state index in [2.05, 4.69) is 4.18 Å². The Morgan fingerprint density at radius 3 is 1.88 bits per heavy atom. The highest BCUT2D eigenvalue weighted by Crippen LogP contribution is 2.26. The molecular weight excluding hydrogens is 142 g/mol. The Hall–Kier alpha value is -0.230. The molecule has 2 atom stereocenters. The van der Waals surface area contributed by atoms with Crippen molar-refractivity contribution >= 4 is 10.1 Å². The zero-order chi connectivity index (χ0) is 6.36. The quantitative estimate of drug-likeness (QED) is 0.447. The third-order valence-electron chi connectivity index (χ3n) is 0.708. The Kier molecular flexibility index (Phi) is 1.02. The molecule has 8 heavy (non-hydrogen) atoms. The Balaban J connectivity index is 2.75. The van der Waals surface area contributed by atoms with E-state index in [4.69, 9.17) is 0 Å². The van der Waals surface area contributed by atoms with Crippen LogP contribution in [0.4, 0.5) is 8.78 Å². The van der Waals surface area contributed by atoms with Crippen molar-refractivity contribution in [3.05, 3.63) is 0 Å². The molecule has 0 radical (unpaired) electrons. The lowest BCUT2D eigenvalue weighted by Gasteiger charge is -2.22. The van der Waals surface area contributed by atoms with Crippen LogP contribution in [0.25, 0.3) is 0 Å². The van der Waals surface area contributed by atoms with Crippen LogP contribution in [-0.2, 0) is 14.3 Å². The van der Waals surface area contributed by atoms with Crippen LogP contribution in [0.1, 0.15) is 0 Å². The zero-order valence-electron chi connectivity index (χ0n) is 3.54. The molecular formula is C2H2F2O3S. The third-order valence-corrected chi connectivity index (χ3v) is 1.93. The normalized spacial score (nSPS) is 43.2. The lowest BCUT2D eigenvalue weighted by atomic mass is 10.8. The molecule has 1 saturated heterocycles. The van der Waals surface area contributed by atoms with Gasteiger partial charge in [-0.2, -0.15) is 8.42 Å². The molecule has 0 saturated carbocycles. The van der Waals surface area contributed by atoms with Gasteiger partial charge in [-0.05, 0) is 0 Å². The first kappa shape index (κ1) is 5.90. The standard InChI is InChI=1S/C2H2F2O3S/c3-1-2(4)8(5,6)7-1/h1-2H. The van der Waals surface area contributed by atoms with Crippen molar-refractivity contribution < 1.29 is 21.4 Å². The van der Waals surface area contributed by atoms with Gasteiger partial charge in [-0.3, -0.25) is 0 Å². The summed E-state index contributed by atoms with van der Waals surface area (Å²) in [6.07, 6.45) is -2.28. The Bertz CT molecular complexity index is 185. The van der Waals surface area contributed by atoms with Crippen LogP contribution in [0, 0.1) is 0 Å². The first-order valence-electron chi connectivity index (χ1n) is 1.74. The second-order valence-corrected chi connectivity index (χ2v) is 2.92. The lowest BCUT2D eigenvalue weighted by Crippen LogP contribution is -2.43. The summed E-state index contributed by atoms with van der Waals surface area (Å²) in [6, 6.07) is 0. The SMILES string of the molecule is O=S1(=O)OC(F)C1F. The van der Waals surface area contributed by atoms with E-state index in [1.165, 1.54) is 0 Å². The summed E-state index contributed by atoms with van der Waals surface area (Å²) in [5, 5.41) is 0. The molecule has 0 spiro atoms. The molecule has 0 amide bonds. The highest BCUT2D eigenvalue weighted by atomic mass is 32.2. The minimum Gasteiger partial charge on any atom is -0.226 e. The smallest absolute Gasteiger partial charge is 0.226 e. The van der Waals surface area contributed by atoms with Crippen molar-refractivity contribution in [1.82, 2.24) is 0 Å². The van der Waals surface area contributed by atoms with Crippen molar-refractivity contribution in [2.24, 2.45) is 0 Å². The topological polar surface area (TPSA) is 43.4 Å². The third kappa shape index (κ3) is 0.602. The van der Waals surface area contributed by atoms with Crippen LogP contribution in [0.3, 0.4) is 0 Å². The average molecular weight is 144 g/mol. The van der Waals surface area contributed by atoms with Gasteiger partial charge >= 0.3 is 10.1 Å². The maximum absolute atomic E-state index is 11.6. The summed E-state index contributed by atoms with van der Waals surface area (Å²) in [4.78, 5) is 0. The van der Waals surface area contributed by atoms with E-state index in [-0.39, 0.29) is 0 Å². The lowest BCUT2D eigenvalue weighted by molar-refractivity contribution is -0.0233. The second-order valence-electron chi connectivity index (χ2n) is 1.29. The van der Waals surface area contributed by atoms with E-state index < -0.39 is 22.0 Å². The van der Waals surface area contributed by atoms with Crippen molar-refractivity contribution in [2.45, 2.75) is 11.9 Å². The summed E-state index contributed by atoms with van der Waals surface area (Å²) in [5.74, 6) is 0. The maximum Gasteiger partial charge on any atom is 0.308 e. The van der Waals surface area contributed by atoms with Crippen molar-refractivity contribution in [1.29, 1.82) is 0 Å². The number of hydrogen-bond acceptors (Lipinski definition) is 3. The Labute approximate surface area is 44.4 Å². The van der Waals surface area contributed by atoms with E-state index in [1.807, 2.05) is 0 Å². The molecule has 6 heteroatoms. The molecule has 0 aliphatic carbocycles. The molecule has 0 aromatic heterocycles. The molecule has 1 heterocycles. The highest BCUT2D eigenvalue weighted by Gasteiger charge is 2.49. The van der Waals surface area contributed by atoms with Gasteiger partial charge in [0.2, 0.25) is 0 Å². The molecule has 1 rings (SSSR count). The van der Waals surface area contributed by atoms with Gasteiger partial charge in [0.15, 0.2) is 0 Å². The zero-order valence-corrected chi connectivity index (χ0v) is 4.36. The van der Waals surface area contributed by atoms with Gasteiger partial charge in [0, 0.05) is 0 Å². The van der Waals surface area contributed by atoms with Gasteiger partial charge in [-0.1, -0.05) is 0 Å². The average Bonchev–Trinajstić information content (AvgIpc) is 1.65. The van der Waals surface area contributed by atoms with Gasteiger partial charge in [-0.15, -0.1) is 0 Å². The van der Waals surface area contributed by atoms with Crippen LogP contribution in [-0.4, -0.2) is 20.3 Å². The molecule has 1 fully saturated rings. The van der Waals surface area contributed by atoms with Crippen LogP contribution in [0.2, 0.25) is 0 Å². The van der Waals surface area contributed by atoms with Crippen molar-refractivity contribution in [3.8, 4) is 0 Å². The fraction of sp³-hybridized carbons (Fsp3) is 1.00. The minimum atomic E-state index is -4.15. The van der Waals surface area contributed by atoms with Gasteiger partial charge in [-0.25, -0.2) is 13.0 Å². The van der Waals surface area contributed by atoms with E-state index in [1.54, 1.807) is 0 Å². The fourth-order valence-corrected chi connectivity index (χ4v) is 0.906. The minimum absolute atomic E-state index is 2.28. The summed E-state index contributed by atoms with van der Waals surface area (Å²) in [5.41, 5.74) is -2.47. The molecule has 1 aliphatic heterocycles. The molecule has 1 aliphatic rings. The predicted octanol–water partition coefficient (Wildman–Crippen LogP) is -0.0624. The van der Waals surface area contributed by atoms with Gasteiger partial charge in [0.1, 0.15) is 0 Å². The number of alkyl halides is 2. The number of hydrogen-bond donors (Lipinski definition) is 0. The Morgan fingerprint density at radius 2 is 1.88 bits per heavy atom. The van der Waals surface area contributed by atoms with Crippen molar-refractivity contribution in [2.75, 3.05) is 0 Å².